The van der Waals surface area contributed by atoms with Gasteiger partial charge >= 0.3 is 6.09 Å². The lowest BCUT2D eigenvalue weighted by atomic mass is 10.1. The van der Waals surface area contributed by atoms with Crippen LogP contribution in [0.2, 0.25) is 5.02 Å². The van der Waals surface area contributed by atoms with E-state index in [1.165, 1.54) is 11.1 Å². The molecule has 0 unspecified atom stereocenters. The van der Waals surface area contributed by atoms with E-state index in [1.807, 2.05) is 39.0 Å². The van der Waals surface area contributed by atoms with Crippen molar-refractivity contribution < 1.29 is 9.53 Å². The zero-order valence-electron chi connectivity index (χ0n) is 10.9. The van der Waals surface area contributed by atoms with E-state index in [9.17, 15) is 4.79 Å². The second-order valence-corrected chi connectivity index (χ2v) is 6.10. The first kappa shape index (κ1) is 13.2. The van der Waals surface area contributed by atoms with Crippen LogP contribution in [-0.4, -0.2) is 17.7 Å². The number of rotatable bonds is 1. The van der Waals surface area contributed by atoms with Crippen molar-refractivity contribution in [2.75, 3.05) is 0 Å². The summed E-state index contributed by atoms with van der Waals surface area (Å²) < 4.78 is 5.25. The van der Waals surface area contributed by atoms with Crippen molar-refractivity contribution in [3.05, 3.63) is 34.3 Å². The summed E-state index contributed by atoms with van der Waals surface area (Å²) in [4.78, 5) is 11.7. The van der Waals surface area contributed by atoms with Gasteiger partial charge < -0.3 is 10.1 Å². The minimum absolute atomic E-state index is 0.105. The number of hydrogen-bond acceptors (Lipinski definition) is 2. The lowest BCUT2D eigenvalue weighted by Gasteiger charge is -2.21. The van der Waals surface area contributed by atoms with Crippen molar-refractivity contribution in [1.82, 2.24) is 5.32 Å². The molecule has 2 rings (SSSR count). The van der Waals surface area contributed by atoms with Crippen LogP contribution in [0.4, 0.5) is 4.79 Å². The molecule has 0 heterocycles. The highest BCUT2D eigenvalue weighted by Crippen LogP contribution is 2.25. The maximum Gasteiger partial charge on any atom is 0.407 e. The van der Waals surface area contributed by atoms with E-state index in [-0.39, 0.29) is 12.1 Å². The molecule has 18 heavy (non-hydrogen) atoms. The van der Waals surface area contributed by atoms with Gasteiger partial charge in [-0.25, -0.2) is 4.79 Å². The fourth-order valence-electron chi connectivity index (χ4n) is 2.16. The third-order valence-corrected chi connectivity index (χ3v) is 3.06. The largest absolute Gasteiger partial charge is 0.444 e. The SMILES string of the molecule is CC(C)(C)OC(=O)N[C@H]1Cc2ccc(Cl)cc2C1. The van der Waals surface area contributed by atoms with E-state index < -0.39 is 5.60 Å². The smallest absolute Gasteiger partial charge is 0.407 e. The number of benzene rings is 1. The Labute approximate surface area is 112 Å². The van der Waals surface area contributed by atoms with Crippen molar-refractivity contribution in [1.29, 1.82) is 0 Å². The zero-order valence-corrected chi connectivity index (χ0v) is 11.7. The second-order valence-electron chi connectivity index (χ2n) is 5.66. The van der Waals surface area contributed by atoms with Crippen molar-refractivity contribution in [2.24, 2.45) is 0 Å². The van der Waals surface area contributed by atoms with Gasteiger partial charge in [0.2, 0.25) is 0 Å². The number of amides is 1. The number of fused-ring (bicyclic) bond motifs is 1. The van der Waals surface area contributed by atoms with Crippen LogP contribution >= 0.6 is 11.6 Å². The molecule has 1 atom stereocenters. The first-order chi connectivity index (χ1) is 8.33. The fraction of sp³-hybridized carbons (Fsp3) is 0.500. The Hall–Kier alpha value is -1.22. The molecule has 1 aliphatic carbocycles. The number of ether oxygens (including phenoxy) is 1. The fourth-order valence-corrected chi connectivity index (χ4v) is 2.36. The summed E-state index contributed by atoms with van der Waals surface area (Å²) in [7, 11) is 0. The van der Waals surface area contributed by atoms with E-state index in [0.717, 1.165) is 17.9 Å². The number of carbonyl (C=O) groups excluding carboxylic acids is 1. The van der Waals surface area contributed by atoms with E-state index in [0.29, 0.717) is 0 Å². The summed E-state index contributed by atoms with van der Waals surface area (Å²) in [6.07, 6.45) is 1.30. The average Bonchev–Trinajstić information content (AvgIpc) is 2.55. The Morgan fingerprint density at radius 1 is 1.33 bits per heavy atom. The minimum Gasteiger partial charge on any atom is -0.444 e. The molecule has 3 nitrogen and oxygen atoms in total. The van der Waals surface area contributed by atoms with Gasteiger partial charge in [-0.15, -0.1) is 0 Å². The molecule has 0 saturated carbocycles. The van der Waals surface area contributed by atoms with Crippen LogP contribution in [0.25, 0.3) is 0 Å². The molecule has 0 spiro atoms. The van der Waals surface area contributed by atoms with Gasteiger partial charge in [0.1, 0.15) is 5.60 Å². The van der Waals surface area contributed by atoms with Gasteiger partial charge in [-0.05, 0) is 56.9 Å². The highest BCUT2D eigenvalue weighted by molar-refractivity contribution is 6.30. The quantitative estimate of drug-likeness (QED) is 0.848. The maximum absolute atomic E-state index is 11.7. The van der Waals surface area contributed by atoms with Gasteiger partial charge in [-0.1, -0.05) is 17.7 Å². The maximum atomic E-state index is 11.7. The van der Waals surface area contributed by atoms with Gasteiger partial charge in [0.25, 0.3) is 0 Å². The standard InChI is InChI=1S/C14H18ClNO2/c1-14(2,3)18-13(17)16-12-7-9-4-5-11(15)6-10(9)8-12/h4-6,12H,7-8H2,1-3H3,(H,16,17)/t12-/m0/s1. The van der Waals surface area contributed by atoms with Gasteiger partial charge in [0.15, 0.2) is 0 Å². The third-order valence-electron chi connectivity index (χ3n) is 2.82. The zero-order chi connectivity index (χ0) is 13.3. The van der Waals surface area contributed by atoms with Gasteiger partial charge in [-0.2, -0.15) is 0 Å². The monoisotopic (exact) mass is 267 g/mol. The topological polar surface area (TPSA) is 38.3 Å². The van der Waals surface area contributed by atoms with E-state index in [1.54, 1.807) is 0 Å². The van der Waals surface area contributed by atoms with E-state index in [2.05, 4.69) is 5.32 Å². The molecular weight excluding hydrogens is 250 g/mol. The highest BCUT2D eigenvalue weighted by Gasteiger charge is 2.25. The van der Waals surface area contributed by atoms with Crippen LogP contribution in [-0.2, 0) is 17.6 Å². The van der Waals surface area contributed by atoms with Crippen molar-refractivity contribution in [2.45, 2.75) is 45.3 Å². The molecule has 0 aliphatic heterocycles. The Morgan fingerprint density at radius 3 is 2.67 bits per heavy atom. The van der Waals surface area contributed by atoms with E-state index >= 15 is 0 Å². The lowest BCUT2D eigenvalue weighted by Crippen LogP contribution is -2.39. The van der Waals surface area contributed by atoms with Crippen LogP contribution in [0.5, 0.6) is 0 Å². The third kappa shape index (κ3) is 3.39. The minimum atomic E-state index is -0.459. The predicted molar refractivity (Wildman–Crippen MR) is 72.0 cm³/mol. The molecule has 0 fully saturated rings. The van der Waals surface area contributed by atoms with Crippen LogP contribution < -0.4 is 5.32 Å². The molecule has 1 aliphatic rings. The van der Waals surface area contributed by atoms with Gasteiger partial charge in [-0.3, -0.25) is 0 Å². The molecule has 1 amide bonds. The molecule has 1 aromatic carbocycles. The number of hydrogen-bond donors (Lipinski definition) is 1. The Balaban J connectivity index is 1.94. The van der Waals surface area contributed by atoms with Crippen molar-refractivity contribution >= 4 is 17.7 Å². The summed E-state index contributed by atoms with van der Waals surface area (Å²) in [6, 6.07) is 5.98. The Morgan fingerprint density at radius 2 is 2.00 bits per heavy atom. The summed E-state index contributed by atoms with van der Waals surface area (Å²) in [6.45, 7) is 5.57. The van der Waals surface area contributed by atoms with Gasteiger partial charge in [0.05, 0.1) is 0 Å². The van der Waals surface area contributed by atoms with Crippen LogP contribution in [0.1, 0.15) is 31.9 Å². The molecule has 0 radical (unpaired) electrons. The van der Waals surface area contributed by atoms with E-state index in [4.69, 9.17) is 16.3 Å². The second kappa shape index (κ2) is 4.81. The summed E-state index contributed by atoms with van der Waals surface area (Å²) in [5.74, 6) is 0. The highest BCUT2D eigenvalue weighted by atomic mass is 35.5. The molecule has 0 aromatic heterocycles. The molecule has 1 N–H and O–H groups in total. The van der Waals surface area contributed by atoms with Crippen LogP contribution in [0.3, 0.4) is 0 Å². The first-order valence-electron chi connectivity index (χ1n) is 6.10. The summed E-state index contributed by atoms with van der Waals surface area (Å²) >= 11 is 5.95. The molecule has 0 saturated heterocycles. The number of nitrogens with one attached hydrogen (secondary N) is 1. The summed E-state index contributed by atoms with van der Waals surface area (Å²) in [5, 5.41) is 3.64. The van der Waals surface area contributed by atoms with Gasteiger partial charge in [0, 0.05) is 11.1 Å². The number of halogens is 1. The number of alkyl carbamates (subject to hydrolysis) is 1. The van der Waals surface area contributed by atoms with Crippen molar-refractivity contribution in [3.63, 3.8) is 0 Å². The Kier molecular flexibility index (Phi) is 3.53. The molecule has 0 bridgehead atoms. The predicted octanol–water partition coefficient (Wildman–Crippen LogP) is 3.33. The average molecular weight is 268 g/mol. The first-order valence-corrected chi connectivity index (χ1v) is 6.48. The lowest BCUT2D eigenvalue weighted by molar-refractivity contribution is 0.0506. The van der Waals surface area contributed by atoms with Crippen LogP contribution in [0, 0.1) is 0 Å². The Bertz CT molecular complexity index is 465. The van der Waals surface area contributed by atoms with Crippen LogP contribution in [0.15, 0.2) is 18.2 Å². The molecular formula is C14H18ClNO2. The van der Waals surface area contributed by atoms with Crippen molar-refractivity contribution in [3.8, 4) is 0 Å². The number of carbonyl (C=O) groups is 1. The normalized spacial score (nSPS) is 18.3. The molecule has 1 aromatic rings. The summed E-state index contributed by atoms with van der Waals surface area (Å²) in [5.41, 5.74) is 2.00. The molecule has 98 valence electrons. The molecule has 4 heteroatoms.